The van der Waals surface area contributed by atoms with Crippen LogP contribution >= 0.6 is 11.6 Å². The fourth-order valence-corrected chi connectivity index (χ4v) is 4.20. The molecule has 172 valence electrons. The van der Waals surface area contributed by atoms with Gasteiger partial charge in [0.15, 0.2) is 5.43 Å². The van der Waals surface area contributed by atoms with E-state index in [0.717, 1.165) is 5.56 Å². The molecule has 0 aliphatic rings. The predicted octanol–water partition coefficient (Wildman–Crippen LogP) is 4.59. The summed E-state index contributed by atoms with van der Waals surface area (Å²) >= 11 is 5.96. The van der Waals surface area contributed by atoms with Gasteiger partial charge in [0.25, 0.3) is 0 Å². The zero-order valence-electron chi connectivity index (χ0n) is 19.0. The monoisotopic (exact) mass is 460 g/mol. The van der Waals surface area contributed by atoms with Gasteiger partial charge in [0.2, 0.25) is 0 Å². The number of rotatable bonds is 7. The minimum Gasteiger partial charge on any atom is -0.396 e. The number of halogens is 2. The number of pyridine rings is 2. The molecule has 3 aromatic rings. The van der Waals surface area contributed by atoms with Crippen molar-refractivity contribution in [2.75, 3.05) is 13.2 Å². The highest BCUT2D eigenvalue weighted by molar-refractivity contribution is 6.30. The molecule has 0 spiro atoms. The van der Waals surface area contributed by atoms with Crippen molar-refractivity contribution in [3.63, 3.8) is 0 Å². The number of benzene rings is 1. The third-order valence-electron chi connectivity index (χ3n) is 5.84. The fourth-order valence-electron chi connectivity index (χ4n) is 4.01. The van der Waals surface area contributed by atoms with Gasteiger partial charge < -0.3 is 14.8 Å². The van der Waals surface area contributed by atoms with E-state index in [0.29, 0.717) is 40.7 Å². The van der Waals surface area contributed by atoms with Crippen molar-refractivity contribution in [3.05, 3.63) is 73.9 Å². The highest BCUT2D eigenvalue weighted by Gasteiger charge is 2.28. The summed E-state index contributed by atoms with van der Waals surface area (Å²) in [5, 5.41) is 20.0. The third kappa shape index (κ3) is 4.87. The van der Waals surface area contributed by atoms with Crippen LogP contribution in [-0.2, 0) is 12.8 Å². The molecule has 2 aromatic heterocycles. The Labute approximate surface area is 192 Å². The topological polar surface area (TPSA) is 75.3 Å². The summed E-state index contributed by atoms with van der Waals surface area (Å²) in [5.41, 5.74) is 2.43. The van der Waals surface area contributed by atoms with Gasteiger partial charge in [-0.1, -0.05) is 44.5 Å². The first kappa shape index (κ1) is 24.4. The normalized spacial score (nSPS) is 13.0. The number of hydrogen-bond donors (Lipinski definition) is 2. The van der Waals surface area contributed by atoms with Gasteiger partial charge in [-0.25, -0.2) is 9.37 Å². The van der Waals surface area contributed by atoms with Crippen molar-refractivity contribution in [2.24, 2.45) is 5.41 Å². The second kappa shape index (κ2) is 9.69. The summed E-state index contributed by atoms with van der Waals surface area (Å²) in [6.07, 6.45) is 2.94. The zero-order valence-corrected chi connectivity index (χ0v) is 19.7. The standard InChI is InChI=1S/C25H30ClFN2O3/c1-15-13-29(21(14-31)25(2,3)4)24-18(23(15)32)12-17(20(28-24)9-6-10-30)11-16-7-5-8-19(26)22(16)27/h5,7-8,12-13,21,30-31H,6,9-11,14H2,1-4H3/t21-/m1/s1. The highest BCUT2D eigenvalue weighted by Crippen LogP contribution is 2.33. The molecular weight excluding hydrogens is 431 g/mol. The van der Waals surface area contributed by atoms with Crippen LogP contribution in [0.2, 0.25) is 5.02 Å². The van der Waals surface area contributed by atoms with E-state index in [9.17, 15) is 19.4 Å². The molecular formula is C25H30ClFN2O3. The van der Waals surface area contributed by atoms with Gasteiger partial charge >= 0.3 is 0 Å². The SMILES string of the molecule is Cc1cn([C@H](CO)C(C)(C)C)c2nc(CCCO)c(Cc3cccc(Cl)c3F)cc2c1=O. The zero-order chi connectivity index (χ0) is 23.6. The first-order valence-corrected chi connectivity index (χ1v) is 11.1. The lowest BCUT2D eigenvalue weighted by molar-refractivity contribution is 0.139. The third-order valence-corrected chi connectivity index (χ3v) is 6.14. The van der Waals surface area contributed by atoms with Crippen LogP contribution in [0, 0.1) is 18.2 Å². The molecule has 0 unspecified atom stereocenters. The molecule has 2 heterocycles. The maximum Gasteiger partial charge on any atom is 0.193 e. The Balaban J connectivity index is 2.28. The maximum absolute atomic E-state index is 14.6. The minimum atomic E-state index is -0.489. The molecule has 5 nitrogen and oxygen atoms in total. The number of aliphatic hydroxyl groups excluding tert-OH is 2. The molecule has 0 aliphatic heterocycles. The summed E-state index contributed by atoms with van der Waals surface area (Å²) in [6, 6.07) is 6.33. The smallest absolute Gasteiger partial charge is 0.193 e. The second-order valence-corrected chi connectivity index (χ2v) is 9.70. The number of hydrogen-bond acceptors (Lipinski definition) is 4. The molecule has 0 amide bonds. The van der Waals surface area contributed by atoms with Gasteiger partial charge in [-0.15, -0.1) is 0 Å². The van der Waals surface area contributed by atoms with E-state index in [4.69, 9.17) is 16.6 Å². The average molecular weight is 461 g/mol. The molecule has 0 bridgehead atoms. The Hall–Kier alpha value is -2.28. The minimum absolute atomic E-state index is 0.00730. The molecule has 2 N–H and O–H groups in total. The molecule has 32 heavy (non-hydrogen) atoms. The Morgan fingerprint density at radius 2 is 1.94 bits per heavy atom. The number of aromatic nitrogens is 2. The van der Waals surface area contributed by atoms with Gasteiger partial charge in [0, 0.05) is 30.5 Å². The number of nitrogens with zero attached hydrogens (tertiary/aromatic N) is 2. The largest absolute Gasteiger partial charge is 0.396 e. The predicted molar refractivity (Wildman–Crippen MR) is 126 cm³/mol. The van der Waals surface area contributed by atoms with E-state index >= 15 is 0 Å². The average Bonchev–Trinajstić information content (AvgIpc) is 2.73. The van der Waals surface area contributed by atoms with Crippen LogP contribution in [0.15, 0.2) is 35.3 Å². The van der Waals surface area contributed by atoms with Crippen LogP contribution in [0.3, 0.4) is 0 Å². The molecule has 1 atom stereocenters. The lowest BCUT2D eigenvalue weighted by Gasteiger charge is -2.32. The molecule has 0 radical (unpaired) electrons. The lowest BCUT2D eigenvalue weighted by atomic mass is 9.86. The van der Waals surface area contributed by atoms with Gasteiger partial charge in [-0.05, 0) is 48.4 Å². The van der Waals surface area contributed by atoms with Crippen LogP contribution in [0.4, 0.5) is 4.39 Å². The van der Waals surface area contributed by atoms with Gasteiger partial charge in [-0.3, -0.25) is 4.79 Å². The Morgan fingerprint density at radius 3 is 2.56 bits per heavy atom. The van der Waals surface area contributed by atoms with Crippen LogP contribution in [-0.4, -0.2) is 33.0 Å². The van der Waals surface area contributed by atoms with Crippen molar-refractivity contribution in [1.82, 2.24) is 9.55 Å². The quantitative estimate of drug-likeness (QED) is 0.540. The first-order chi connectivity index (χ1) is 15.1. The van der Waals surface area contributed by atoms with Crippen molar-refractivity contribution in [1.29, 1.82) is 0 Å². The molecule has 3 rings (SSSR count). The number of aryl methyl sites for hydroxylation is 2. The molecule has 1 aromatic carbocycles. The van der Waals surface area contributed by atoms with E-state index < -0.39 is 5.82 Å². The van der Waals surface area contributed by atoms with Gasteiger partial charge in [-0.2, -0.15) is 0 Å². The van der Waals surface area contributed by atoms with Crippen LogP contribution in [0.5, 0.6) is 0 Å². The van der Waals surface area contributed by atoms with E-state index in [1.165, 1.54) is 6.07 Å². The molecule has 0 aliphatic carbocycles. The fraction of sp³-hybridized carbons (Fsp3) is 0.440. The Morgan fingerprint density at radius 1 is 1.22 bits per heavy atom. The van der Waals surface area contributed by atoms with Crippen molar-refractivity contribution in [2.45, 2.75) is 53.0 Å². The number of fused-ring (bicyclic) bond motifs is 1. The summed E-state index contributed by atoms with van der Waals surface area (Å²) in [7, 11) is 0. The number of aliphatic hydroxyl groups is 2. The summed E-state index contributed by atoms with van der Waals surface area (Å²) < 4.78 is 16.5. The van der Waals surface area contributed by atoms with Gasteiger partial charge in [0.05, 0.1) is 23.1 Å². The van der Waals surface area contributed by atoms with Crippen LogP contribution in [0.25, 0.3) is 11.0 Å². The molecule has 0 saturated heterocycles. The Kier molecular flexibility index (Phi) is 7.38. The first-order valence-electron chi connectivity index (χ1n) is 10.8. The second-order valence-electron chi connectivity index (χ2n) is 9.30. The summed E-state index contributed by atoms with van der Waals surface area (Å²) in [6.45, 7) is 7.70. The summed E-state index contributed by atoms with van der Waals surface area (Å²) in [5.74, 6) is -0.489. The summed E-state index contributed by atoms with van der Waals surface area (Å²) in [4.78, 5) is 17.9. The molecule has 7 heteroatoms. The van der Waals surface area contributed by atoms with E-state index in [1.807, 2.05) is 25.3 Å². The van der Waals surface area contributed by atoms with Crippen molar-refractivity contribution >= 4 is 22.6 Å². The van der Waals surface area contributed by atoms with Gasteiger partial charge in [0.1, 0.15) is 11.5 Å². The molecule has 0 saturated carbocycles. The van der Waals surface area contributed by atoms with E-state index in [2.05, 4.69) is 0 Å². The van der Waals surface area contributed by atoms with E-state index in [1.54, 1.807) is 31.3 Å². The lowest BCUT2D eigenvalue weighted by Crippen LogP contribution is -2.30. The maximum atomic E-state index is 14.6. The van der Waals surface area contributed by atoms with Crippen LogP contribution in [0.1, 0.15) is 55.6 Å². The van der Waals surface area contributed by atoms with E-state index in [-0.39, 0.29) is 41.5 Å². The van der Waals surface area contributed by atoms with Crippen LogP contribution < -0.4 is 5.43 Å². The molecule has 0 fully saturated rings. The Bertz CT molecular complexity index is 1180. The van der Waals surface area contributed by atoms with Crippen molar-refractivity contribution < 1.29 is 14.6 Å². The highest BCUT2D eigenvalue weighted by atomic mass is 35.5. The van der Waals surface area contributed by atoms with Crippen molar-refractivity contribution in [3.8, 4) is 0 Å².